The van der Waals surface area contributed by atoms with E-state index in [2.05, 4.69) is 52.5 Å². The molecule has 0 fully saturated rings. The number of H-pyrrole nitrogens is 1. The van der Waals surface area contributed by atoms with E-state index in [4.69, 9.17) is 16.6 Å². The highest BCUT2D eigenvalue weighted by atomic mass is 35.5. The molecule has 4 nitrogen and oxygen atoms in total. The maximum atomic E-state index is 5.98. The van der Waals surface area contributed by atoms with Crippen molar-refractivity contribution in [1.82, 2.24) is 15.0 Å². The molecule has 0 bridgehead atoms. The highest BCUT2D eigenvalue weighted by Crippen LogP contribution is 2.27. The molecule has 1 atom stereocenters. The summed E-state index contributed by atoms with van der Waals surface area (Å²) in [5.41, 5.74) is 7.21. The number of hydrogen-bond acceptors (Lipinski definition) is 3. The van der Waals surface area contributed by atoms with Gasteiger partial charge < -0.3 is 10.3 Å². The molecule has 152 valence electrons. The van der Waals surface area contributed by atoms with Gasteiger partial charge in [-0.15, -0.1) is 0 Å². The van der Waals surface area contributed by atoms with Crippen LogP contribution < -0.4 is 5.32 Å². The number of nitrogens with zero attached hydrogens (tertiary/aromatic N) is 2. The monoisotopic (exact) mass is 424 g/mol. The third-order valence-electron chi connectivity index (χ3n) is 5.37. The molecule has 0 unspecified atom stereocenters. The Morgan fingerprint density at radius 3 is 2.32 bits per heavy atom. The van der Waals surface area contributed by atoms with E-state index in [1.54, 1.807) is 0 Å². The Hall–Kier alpha value is -3.63. The van der Waals surface area contributed by atoms with Crippen LogP contribution in [-0.4, -0.2) is 15.0 Å². The summed E-state index contributed by atoms with van der Waals surface area (Å²) in [7, 11) is 0. The smallest absolute Gasteiger partial charge is 0.201 e. The van der Waals surface area contributed by atoms with Crippen molar-refractivity contribution in [2.75, 3.05) is 5.32 Å². The van der Waals surface area contributed by atoms with Crippen LogP contribution in [0, 0.1) is 0 Å². The number of halogens is 1. The lowest BCUT2D eigenvalue weighted by molar-refractivity contribution is 0.869. The average molecular weight is 425 g/mol. The number of rotatable bonds is 5. The quantitative estimate of drug-likeness (QED) is 0.316. The Bertz CT molecular complexity index is 1310. The van der Waals surface area contributed by atoms with Crippen LogP contribution in [-0.2, 0) is 0 Å². The number of pyridine rings is 1. The van der Waals surface area contributed by atoms with Crippen molar-refractivity contribution >= 4 is 28.6 Å². The number of hydrogen-bond donors (Lipinski definition) is 2. The maximum absolute atomic E-state index is 5.98. The fourth-order valence-corrected chi connectivity index (χ4v) is 3.77. The molecular formula is C26H21ClN4. The number of nitrogens with one attached hydrogen (secondary N) is 2. The second-order valence-electron chi connectivity index (χ2n) is 7.53. The molecule has 2 N–H and O–H groups in total. The Kier molecular flexibility index (Phi) is 5.14. The molecule has 0 saturated carbocycles. The molecule has 0 aliphatic carbocycles. The zero-order valence-electron chi connectivity index (χ0n) is 17.0. The Morgan fingerprint density at radius 1 is 0.839 bits per heavy atom. The van der Waals surface area contributed by atoms with Gasteiger partial charge in [-0.1, -0.05) is 66.2 Å². The van der Waals surface area contributed by atoms with Gasteiger partial charge in [-0.25, -0.2) is 4.98 Å². The minimum absolute atomic E-state index is 0.156. The van der Waals surface area contributed by atoms with E-state index in [9.17, 15) is 0 Å². The number of aromatic nitrogens is 3. The molecule has 0 aliphatic heterocycles. The molecule has 2 heterocycles. The minimum atomic E-state index is 0.156. The van der Waals surface area contributed by atoms with Crippen molar-refractivity contribution in [2.45, 2.75) is 13.0 Å². The maximum Gasteiger partial charge on any atom is 0.201 e. The average Bonchev–Trinajstić information content (AvgIpc) is 3.22. The molecule has 3 aromatic carbocycles. The first-order chi connectivity index (χ1) is 15.2. The van der Waals surface area contributed by atoms with Crippen molar-refractivity contribution in [3.8, 4) is 22.4 Å². The van der Waals surface area contributed by atoms with Crippen molar-refractivity contribution < 1.29 is 0 Å². The van der Waals surface area contributed by atoms with Crippen LogP contribution >= 0.6 is 11.6 Å². The Labute approximate surface area is 186 Å². The van der Waals surface area contributed by atoms with Crippen LogP contribution in [0.4, 0.5) is 5.95 Å². The second kappa shape index (κ2) is 8.25. The lowest BCUT2D eigenvalue weighted by Crippen LogP contribution is -2.07. The van der Waals surface area contributed by atoms with Gasteiger partial charge in [-0.05, 0) is 48.4 Å². The van der Waals surface area contributed by atoms with Gasteiger partial charge in [0.05, 0.1) is 22.8 Å². The molecule has 0 aliphatic rings. The van der Waals surface area contributed by atoms with E-state index in [0.717, 1.165) is 44.4 Å². The number of anilines is 1. The third kappa shape index (κ3) is 4.16. The van der Waals surface area contributed by atoms with Crippen molar-refractivity contribution in [1.29, 1.82) is 0 Å². The predicted molar refractivity (Wildman–Crippen MR) is 128 cm³/mol. The highest BCUT2D eigenvalue weighted by molar-refractivity contribution is 6.30. The lowest BCUT2D eigenvalue weighted by atomic mass is 10.1. The molecule has 5 rings (SSSR count). The van der Waals surface area contributed by atoms with E-state index in [1.807, 2.05) is 60.8 Å². The van der Waals surface area contributed by atoms with Crippen molar-refractivity contribution in [2.24, 2.45) is 0 Å². The standard InChI is InChI=1S/C26H21ClN4/c1-17(18-5-3-2-4-6-18)29-26-30-24-14-9-20(15-25(24)31-26)23-13-10-21(16-28-23)19-7-11-22(27)12-8-19/h2-17H,1H3,(H2,29,30,31)/t17-/m1/s1. The summed E-state index contributed by atoms with van der Waals surface area (Å²) in [5, 5.41) is 4.17. The van der Waals surface area contributed by atoms with Crippen LogP contribution in [0.5, 0.6) is 0 Å². The molecule has 31 heavy (non-hydrogen) atoms. The highest BCUT2D eigenvalue weighted by Gasteiger charge is 2.10. The third-order valence-corrected chi connectivity index (χ3v) is 5.62. The van der Waals surface area contributed by atoms with Gasteiger partial charge in [-0.3, -0.25) is 4.98 Å². The summed E-state index contributed by atoms with van der Waals surface area (Å²) in [6.45, 7) is 2.13. The zero-order chi connectivity index (χ0) is 21.2. The van der Waals surface area contributed by atoms with Gasteiger partial charge in [0.25, 0.3) is 0 Å². The van der Waals surface area contributed by atoms with Gasteiger partial charge in [0, 0.05) is 22.3 Å². The van der Waals surface area contributed by atoms with E-state index in [0.29, 0.717) is 0 Å². The first-order valence-electron chi connectivity index (χ1n) is 10.2. The van der Waals surface area contributed by atoms with Crippen LogP contribution in [0.15, 0.2) is 91.1 Å². The molecule has 2 aromatic heterocycles. The van der Waals surface area contributed by atoms with Crippen molar-refractivity contribution in [3.63, 3.8) is 0 Å². The van der Waals surface area contributed by atoms with Gasteiger partial charge in [0.15, 0.2) is 0 Å². The molecular weight excluding hydrogens is 404 g/mol. The van der Waals surface area contributed by atoms with Gasteiger partial charge in [0.2, 0.25) is 5.95 Å². The molecule has 0 amide bonds. The van der Waals surface area contributed by atoms with Crippen LogP contribution in [0.2, 0.25) is 5.02 Å². The van der Waals surface area contributed by atoms with E-state index < -0.39 is 0 Å². The summed E-state index contributed by atoms with van der Waals surface area (Å²) < 4.78 is 0. The summed E-state index contributed by atoms with van der Waals surface area (Å²) >= 11 is 5.98. The van der Waals surface area contributed by atoms with Crippen LogP contribution in [0.25, 0.3) is 33.4 Å². The summed E-state index contributed by atoms with van der Waals surface area (Å²) in [6, 6.07) is 28.6. The predicted octanol–water partition coefficient (Wildman–Crippen LogP) is 7.12. The number of imidazole rings is 1. The molecule has 0 radical (unpaired) electrons. The van der Waals surface area contributed by atoms with Crippen LogP contribution in [0.1, 0.15) is 18.5 Å². The Balaban J connectivity index is 1.38. The van der Waals surface area contributed by atoms with E-state index in [-0.39, 0.29) is 6.04 Å². The normalized spacial score (nSPS) is 12.1. The number of fused-ring (bicyclic) bond motifs is 1. The largest absolute Gasteiger partial charge is 0.349 e. The van der Waals surface area contributed by atoms with Gasteiger partial charge >= 0.3 is 0 Å². The molecule has 5 aromatic rings. The summed E-state index contributed by atoms with van der Waals surface area (Å²) in [6.07, 6.45) is 1.89. The summed E-state index contributed by atoms with van der Waals surface area (Å²) in [5.74, 6) is 0.759. The number of benzene rings is 3. The van der Waals surface area contributed by atoms with Gasteiger partial charge in [0.1, 0.15) is 0 Å². The molecule has 0 saturated heterocycles. The lowest BCUT2D eigenvalue weighted by Gasteiger charge is -2.12. The summed E-state index contributed by atoms with van der Waals surface area (Å²) in [4.78, 5) is 12.8. The van der Waals surface area contributed by atoms with E-state index in [1.165, 1.54) is 5.56 Å². The van der Waals surface area contributed by atoms with Crippen LogP contribution in [0.3, 0.4) is 0 Å². The Morgan fingerprint density at radius 2 is 1.58 bits per heavy atom. The SMILES string of the molecule is C[C@@H](Nc1nc2cc(-c3ccc(-c4ccc(Cl)cc4)cn3)ccc2[nH]1)c1ccccc1. The second-order valence-corrected chi connectivity index (χ2v) is 7.97. The van der Waals surface area contributed by atoms with Crippen molar-refractivity contribution in [3.05, 3.63) is 102 Å². The van der Waals surface area contributed by atoms with E-state index >= 15 is 0 Å². The first-order valence-corrected chi connectivity index (χ1v) is 10.6. The first kappa shape index (κ1) is 19.3. The fraction of sp³-hybridized carbons (Fsp3) is 0.0769. The van der Waals surface area contributed by atoms with Gasteiger partial charge in [-0.2, -0.15) is 0 Å². The molecule has 0 spiro atoms. The fourth-order valence-electron chi connectivity index (χ4n) is 3.64. The number of aromatic amines is 1. The zero-order valence-corrected chi connectivity index (χ0v) is 17.8. The minimum Gasteiger partial charge on any atom is -0.349 e. The topological polar surface area (TPSA) is 53.6 Å². The molecule has 5 heteroatoms.